The second-order valence-corrected chi connectivity index (χ2v) is 2.41. The van der Waals surface area contributed by atoms with Crippen molar-refractivity contribution >= 4 is 0 Å². The van der Waals surface area contributed by atoms with Crippen molar-refractivity contribution in [2.45, 2.75) is 17.0 Å². The number of aliphatic hydroxyl groups is 1. The van der Waals surface area contributed by atoms with Crippen LogP contribution in [-0.4, -0.2) is 11.7 Å². The second-order valence-electron chi connectivity index (χ2n) is 1.18. The van der Waals surface area contributed by atoms with Gasteiger partial charge in [0.1, 0.15) is 0 Å². The van der Waals surface area contributed by atoms with Crippen molar-refractivity contribution in [1.82, 2.24) is 0 Å². The zero-order valence-electron chi connectivity index (χ0n) is 3.78. The van der Waals surface area contributed by atoms with E-state index in [4.69, 9.17) is 5.11 Å². The van der Waals surface area contributed by atoms with Crippen LogP contribution >= 0.6 is 0 Å². The van der Waals surface area contributed by atoms with E-state index in [1.165, 1.54) is 10.5 Å². The van der Waals surface area contributed by atoms with E-state index < -0.39 is 0 Å². The van der Waals surface area contributed by atoms with E-state index in [9.17, 15) is 0 Å². The molecule has 1 N–H and O–H groups in total. The zero-order chi connectivity index (χ0) is 4.83. The normalized spacial score (nSPS) is 8.67. The predicted molar refractivity (Wildman–Crippen MR) is 21.1 cm³/mol. The van der Waals surface area contributed by atoms with Crippen LogP contribution in [0.5, 0.6) is 0 Å². The van der Waals surface area contributed by atoms with E-state index in [-0.39, 0.29) is 0 Å². The monoisotopic (exact) mass is 163 g/mol. The fraction of sp³-hybridized carbons (Fsp3) is 1.00. The van der Waals surface area contributed by atoms with Gasteiger partial charge in [-0.3, -0.25) is 0 Å². The molecule has 6 heavy (non-hydrogen) atoms. The summed E-state index contributed by atoms with van der Waals surface area (Å²) in [6.07, 6.45) is 2.19. The summed E-state index contributed by atoms with van der Waals surface area (Å²) >= 11 is 1.58. The van der Waals surface area contributed by atoms with Crippen LogP contribution in [0.25, 0.3) is 0 Å². The molecule has 0 rings (SSSR count). The molecule has 0 aliphatic carbocycles. The average molecular weight is 164 g/mol. The standard InChI is InChI=1S/C4H9O.Zr/c1-2-3-4-5;/h5H,1-4H2;. The molecule has 1 nitrogen and oxygen atoms in total. The van der Waals surface area contributed by atoms with Crippen LogP contribution < -0.4 is 0 Å². The van der Waals surface area contributed by atoms with Gasteiger partial charge in [-0.1, -0.05) is 0 Å². The van der Waals surface area contributed by atoms with Gasteiger partial charge in [0.15, 0.2) is 0 Å². The van der Waals surface area contributed by atoms with Gasteiger partial charge in [0, 0.05) is 0 Å². The summed E-state index contributed by atoms with van der Waals surface area (Å²) in [5.41, 5.74) is 0. The summed E-state index contributed by atoms with van der Waals surface area (Å²) < 4.78 is 1.28. The summed E-state index contributed by atoms with van der Waals surface area (Å²) in [5.74, 6) is 0. The minimum absolute atomic E-state index is 0.369. The van der Waals surface area contributed by atoms with E-state index in [2.05, 4.69) is 0 Å². The number of rotatable bonds is 3. The van der Waals surface area contributed by atoms with Crippen LogP contribution in [0.1, 0.15) is 12.8 Å². The summed E-state index contributed by atoms with van der Waals surface area (Å²) in [6, 6.07) is 0. The number of hydrogen-bond acceptors (Lipinski definition) is 1. The van der Waals surface area contributed by atoms with Crippen molar-refractivity contribution in [3.63, 3.8) is 0 Å². The Morgan fingerprint density at radius 3 is 2.17 bits per heavy atom. The van der Waals surface area contributed by atoms with Gasteiger partial charge in [0.2, 0.25) is 0 Å². The Morgan fingerprint density at radius 2 is 2.00 bits per heavy atom. The third-order valence-electron chi connectivity index (χ3n) is 0.585. The van der Waals surface area contributed by atoms with Gasteiger partial charge in [-0.25, -0.2) is 0 Å². The molecule has 0 heterocycles. The van der Waals surface area contributed by atoms with Crippen LogP contribution in [-0.2, 0) is 24.7 Å². The molecule has 0 saturated carbocycles. The fourth-order valence-corrected chi connectivity index (χ4v) is 0.851. The Labute approximate surface area is 53.6 Å². The third kappa shape index (κ3) is 4.84. The molecule has 0 amide bonds. The van der Waals surface area contributed by atoms with Crippen LogP contribution in [0, 0.1) is 0 Å². The third-order valence-corrected chi connectivity index (χ3v) is 1.45. The second kappa shape index (κ2) is 5.84. The Bertz CT molecular complexity index is 19.5. The van der Waals surface area contributed by atoms with Crippen molar-refractivity contribution in [2.75, 3.05) is 6.61 Å². The van der Waals surface area contributed by atoms with E-state index in [1.54, 1.807) is 24.7 Å². The molecular formula is C4H9OZr. The van der Waals surface area contributed by atoms with E-state index in [0.717, 1.165) is 6.42 Å². The number of unbranched alkanes of at least 4 members (excludes halogenated alkanes) is 1. The minimum atomic E-state index is 0.369. The van der Waals surface area contributed by atoms with Gasteiger partial charge < -0.3 is 0 Å². The molecule has 0 aromatic carbocycles. The van der Waals surface area contributed by atoms with E-state index >= 15 is 0 Å². The van der Waals surface area contributed by atoms with Crippen LogP contribution in [0.15, 0.2) is 0 Å². The number of aliphatic hydroxyl groups excluding tert-OH is 1. The molecule has 0 aliphatic rings. The van der Waals surface area contributed by atoms with Crippen LogP contribution in [0.3, 0.4) is 0 Å². The Hall–Kier alpha value is 0.843. The van der Waals surface area contributed by atoms with Crippen LogP contribution in [0.2, 0.25) is 4.13 Å². The first-order valence-electron chi connectivity index (χ1n) is 2.17. The first kappa shape index (κ1) is 6.84. The molecule has 0 bridgehead atoms. The predicted octanol–water partition coefficient (Wildman–Crippen LogP) is 0.724. The number of hydrogen-bond donors (Lipinski definition) is 1. The van der Waals surface area contributed by atoms with Gasteiger partial charge in [-0.15, -0.1) is 0 Å². The van der Waals surface area contributed by atoms with Crippen molar-refractivity contribution < 1.29 is 29.8 Å². The molecule has 0 saturated heterocycles. The van der Waals surface area contributed by atoms with E-state index in [1.807, 2.05) is 0 Å². The van der Waals surface area contributed by atoms with Crippen LogP contribution in [0.4, 0.5) is 0 Å². The van der Waals surface area contributed by atoms with Gasteiger partial charge in [0.25, 0.3) is 0 Å². The first-order valence-corrected chi connectivity index (χ1v) is 3.91. The molecule has 2 heteroatoms. The summed E-state index contributed by atoms with van der Waals surface area (Å²) in [7, 11) is 0. The Kier molecular flexibility index (Phi) is 6.66. The molecule has 0 aromatic rings. The molecule has 0 radical (unpaired) electrons. The summed E-state index contributed by atoms with van der Waals surface area (Å²) in [5, 5.41) is 8.21. The maximum absolute atomic E-state index is 8.21. The topological polar surface area (TPSA) is 20.2 Å². The van der Waals surface area contributed by atoms with Crippen molar-refractivity contribution in [1.29, 1.82) is 0 Å². The van der Waals surface area contributed by atoms with Gasteiger partial charge in [-0.2, -0.15) is 0 Å². The van der Waals surface area contributed by atoms with Crippen molar-refractivity contribution in [3.05, 3.63) is 0 Å². The summed E-state index contributed by atoms with van der Waals surface area (Å²) in [6.45, 7) is 0.369. The maximum atomic E-state index is 8.21. The average Bonchev–Trinajstić information content (AvgIpc) is 1.61. The quantitative estimate of drug-likeness (QED) is 0.610. The molecule has 0 unspecified atom stereocenters. The first-order chi connectivity index (χ1) is 2.91. The fourth-order valence-electron chi connectivity index (χ4n) is 0.237. The van der Waals surface area contributed by atoms with Crippen molar-refractivity contribution in [3.8, 4) is 0 Å². The molecule has 35 valence electrons. The summed E-state index contributed by atoms with van der Waals surface area (Å²) in [4.78, 5) is 0. The molecule has 0 atom stereocenters. The molecule has 0 aliphatic heterocycles. The molecule has 0 spiro atoms. The van der Waals surface area contributed by atoms with Gasteiger partial charge >= 0.3 is 53.4 Å². The Morgan fingerprint density at radius 1 is 1.33 bits per heavy atom. The van der Waals surface area contributed by atoms with Gasteiger partial charge in [0.05, 0.1) is 0 Å². The molecular weight excluding hydrogens is 155 g/mol. The molecule has 0 aromatic heterocycles. The SMILES string of the molecule is OCCC[CH2][Zr]. The molecule has 0 fully saturated rings. The van der Waals surface area contributed by atoms with E-state index in [0.29, 0.717) is 6.61 Å². The Balaban J connectivity index is 2.34. The van der Waals surface area contributed by atoms with Gasteiger partial charge in [-0.05, 0) is 0 Å². The zero-order valence-corrected chi connectivity index (χ0v) is 6.23. The van der Waals surface area contributed by atoms with Crippen molar-refractivity contribution in [2.24, 2.45) is 0 Å².